The number of rotatable bonds is 4. The first-order chi connectivity index (χ1) is 16.8. The van der Waals surface area contributed by atoms with Crippen LogP contribution < -0.4 is 4.74 Å². The molecule has 0 aliphatic carbocycles. The summed E-state index contributed by atoms with van der Waals surface area (Å²) < 4.78 is 6.88. The number of nitrogens with zero attached hydrogens (tertiary/aromatic N) is 1. The fraction of sp³-hybridized carbons (Fsp3) is 0.303. The van der Waals surface area contributed by atoms with E-state index in [2.05, 4.69) is 95.3 Å². The number of hydrogen-bond acceptors (Lipinski definition) is 2. The quantitative estimate of drug-likeness (QED) is 0.245. The summed E-state index contributed by atoms with van der Waals surface area (Å²) in [7, 11) is 0. The highest BCUT2D eigenvalue weighted by Crippen LogP contribution is 2.51. The van der Waals surface area contributed by atoms with Gasteiger partial charge < -0.3 is 4.74 Å². The van der Waals surface area contributed by atoms with Gasteiger partial charge in [0.05, 0.1) is 11.1 Å². The van der Waals surface area contributed by atoms with Crippen LogP contribution in [0.4, 0.5) is 0 Å². The van der Waals surface area contributed by atoms with Crippen molar-refractivity contribution in [3.63, 3.8) is 0 Å². The SMILES string of the molecule is CC(C)CCc1cccc2c1cc1c3c(nccc32)-c2cc3ccccc3c(CC(C)(C)C)c2O1. The first kappa shape index (κ1) is 22.1. The summed E-state index contributed by atoms with van der Waals surface area (Å²) in [6, 6.07) is 22.1. The summed E-state index contributed by atoms with van der Waals surface area (Å²) >= 11 is 0. The molecule has 2 heteroatoms. The van der Waals surface area contributed by atoms with E-state index in [1.54, 1.807) is 0 Å². The van der Waals surface area contributed by atoms with Crippen molar-refractivity contribution in [3.05, 3.63) is 78.0 Å². The molecule has 6 rings (SSSR count). The van der Waals surface area contributed by atoms with Gasteiger partial charge in [0.15, 0.2) is 0 Å². The molecule has 35 heavy (non-hydrogen) atoms. The second-order valence-electron chi connectivity index (χ2n) is 11.7. The zero-order valence-corrected chi connectivity index (χ0v) is 21.4. The molecule has 4 aromatic carbocycles. The number of fused-ring (bicyclic) bond motifs is 5. The van der Waals surface area contributed by atoms with Gasteiger partial charge in [0, 0.05) is 17.3 Å². The van der Waals surface area contributed by atoms with Gasteiger partial charge in [-0.05, 0) is 81.3 Å². The van der Waals surface area contributed by atoms with E-state index in [1.807, 2.05) is 6.20 Å². The average molecular weight is 460 g/mol. The summed E-state index contributed by atoms with van der Waals surface area (Å²) in [4.78, 5) is 4.93. The Morgan fingerprint density at radius 2 is 1.66 bits per heavy atom. The Labute approximate surface area is 208 Å². The van der Waals surface area contributed by atoms with Crippen molar-refractivity contribution in [2.45, 2.75) is 53.9 Å². The zero-order valence-electron chi connectivity index (χ0n) is 21.4. The summed E-state index contributed by atoms with van der Waals surface area (Å²) in [5.74, 6) is 2.59. The standard InChI is InChI=1S/C33H33NO/c1-20(2)13-14-21-10-8-12-24-25-15-16-34-31-27-17-22-9-6-7-11-23(22)28(19-33(3,4)5)32(27)35-29(30(25)31)18-26(21)24/h6-12,15-18,20H,13-14,19H2,1-5H3. The van der Waals surface area contributed by atoms with Crippen LogP contribution in [0.3, 0.4) is 0 Å². The Hall–Kier alpha value is -3.39. The molecular formula is C33H33NO. The molecule has 1 aliphatic heterocycles. The third-order valence-electron chi connectivity index (χ3n) is 7.23. The van der Waals surface area contributed by atoms with E-state index in [4.69, 9.17) is 9.72 Å². The minimum atomic E-state index is 0.133. The molecule has 0 radical (unpaired) electrons. The molecule has 0 fully saturated rings. The third kappa shape index (κ3) is 3.76. The van der Waals surface area contributed by atoms with Crippen molar-refractivity contribution in [3.8, 4) is 22.8 Å². The number of benzene rings is 4. The first-order valence-corrected chi connectivity index (χ1v) is 12.9. The highest BCUT2D eigenvalue weighted by molar-refractivity contribution is 6.17. The minimum Gasteiger partial charge on any atom is -0.456 e. The van der Waals surface area contributed by atoms with Crippen LogP contribution in [0.15, 0.2) is 66.9 Å². The lowest BCUT2D eigenvalue weighted by Gasteiger charge is -2.28. The molecule has 0 atom stereocenters. The van der Waals surface area contributed by atoms with E-state index in [-0.39, 0.29) is 5.41 Å². The monoisotopic (exact) mass is 459 g/mol. The van der Waals surface area contributed by atoms with Gasteiger partial charge in [-0.15, -0.1) is 0 Å². The van der Waals surface area contributed by atoms with Crippen LogP contribution in [0.1, 0.15) is 52.2 Å². The maximum Gasteiger partial charge on any atom is 0.140 e. The van der Waals surface area contributed by atoms with Gasteiger partial charge in [0.25, 0.3) is 0 Å². The van der Waals surface area contributed by atoms with Crippen LogP contribution in [0.2, 0.25) is 0 Å². The van der Waals surface area contributed by atoms with Gasteiger partial charge in [0.1, 0.15) is 11.5 Å². The predicted molar refractivity (Wildman–Crippen MR) is 149 cm³/mol. The average Bonchev–Trinajstić information content (AvgIpc) is 2.82. The highest BCUT2D eigenvalue weighted by Gasteiger charge is 2.28. The third-order valence-corrected chi connectivity index (χ3v) is 7.23. The van der Waals surface area contributed by atoms with Gasteiger partial charge >= 0.3 is 0 Å². The highest BCUT2D eigenvalue weighted by atomic mass is 16.5. The Morgan fingerprint density at radius 3 is 2.46 bits per heavy atom. The fourth-order valence-corrected chi connectivity index (χ4v) is 5.62. The van der Waals surface area contributed by atoms with Crippen molar-refractivity contribution < 1.29 is 4.74 Å². The normalized spacial score (nSPS) is 13.0. The van der Waals surface area contributed by atoms with Crippen molar-refractivity contribution in [1.82, 2.24) is 4.98 Å². The lowest BCUT2D eigenvalue weighted by Crippen LogP contribution is -2.12. The number of ether oxygens (including phenoxy) is 1. The van der Waals surface area contributed by atoms with Crippen LogP contribution in [-0.4, -0.2) is 4.98 Å². The molecule has 1 aromatic heterocycles. The van der Waals surface area contributed by atoms with Crippen LogP contribution in [0.25, 0.3) is 43.6 Å². The molecule has 2 heterocycles. The van der Waals surface area contributed by atoms with Crippen molar-refractivity contribution in [1.29, 1.82) is 0 Å². The number of hydrogen-bond donors (Lipinski definition) is 0. The van der Waals surface area contributed by atoms with Crippen LogP contribution >= 0.6 is 0 Å². The lowest BCUT2D eigenvalue weighted by molar-refractivity contribution is 0.400. The van der Waals surface area contributed by atoms with Gasteiger partial charge in [-0.3, -0.25) is 4.98 Å². The van der Waals surface area contributed by atoms with Crippen LogP contribution in [0.5, 0.6) is 11.5 Å². The maximum absolute atomic E-state index is 6.88. The lowest BCUT2D eigenvalue weighted by atomic mass is 9.83. The predicted octanol–water partition coefficient (Wildman–Crippen LogP) is 9.49. The Balaban J connectivity index is 1.66. The van der Waals surface area contributed by atoms with E-state index in [0.29, 0.717) is 5.92 Å². The minimum absolute atomic E-state index is 0.133. The number of aryl methyl sites for hydroxylation is 1. The number of aromatic nitrogens is 1. The largest absolute Gasteiger partial charge is 0.456 e. The fourth-order valence-electron chi connectivity index (χ4n) is 5.62. The topological polar surface area (TPSA) is 22.1 Å². The first-order valence-electron chi connectivity index (χ1n) is 12.9. The summed E-state index contributed by atoms with van der Waals surface area (Å²) in [5, 5.41) is 7.46. The zero-order chi connectivity index (χ0) is 24.3. The van der Waals surface area contributed by atoms with Crippen LogP contribution in [-0.2, 0) is 12.8 Å². The van der Waals surface area contributed by atoms with Crippen molar-refractivity contribution in [2.75, 3.05) is 0 Å². The van der Waals surface area contributed by atoms with Gasteiger partial charge in [-0.25, -0.2) is 0 Å². The Kier molecular flexibility index (Phi) is 5.11. The molecule has 1 aliphatic rings. The molecule has 0 N–H and O–H groups in total. The van der Waals surface area contributed by atoms with E-state index < -0.39 is 0 Å². The second kappa shape index (κ2) is 8.09. The molecule has 0 spiro atoms. The van der Waals surface area contributed by atoms with E-state index >= 15 is 0 Å². The molecule has 176 valence electrons. The van der Waals surface area contributed by atoms with E-state index in [1.165, 1.54) is 44.5 Å². The van der Waals surface area contributed by atoms with Gasteiger partial charge in [0.2, 0.25) is 0 Å². The Morgan fingerprint density at radius 1 is 0.857 bits per heavy atom. The maximum atomic E-state index is 6.88. The van der Waals surface area contributed by atoms with Crippen molar-refractivity contribution in [2.24, 2.45) is 11.3 Å². The van der Waals surface area contributed by atoms with Gasteiger partial charge in [-0.1, -0.05) is 77.1 Å². The summed E-state index contributed by atoms with van der Waals surface area (Å²) in [6.45, 7) is 11.5. The van der Waals surface area contributed by atoms with E-state index in [9.17, 15) is 0 Å². The molecule has 2 nitrogen and oxygen atoms in total. The van der Waals surface area contributed by atoms with Crippen LogP contribution in [0, 0.1) is 11.3 Å². The molecule has 0 bridgehead atoms. The number of pyridine rings is 1. The smallest absolute Gasteiger partial charge is 0.140 e. The van der Waals surface area contributed by atoms with E-state index in [0.717, 1.165) is 41.0 Å². The molecule has 0 amide bonds. The Bertz CT molecular complexity index is 1600. The van der Waals surface area contributed by atoms with Gasteiger partial charge in [-0.2, -0.15) is 0 Å². The molecule has 0 unspecified atom stereocenters. The van der Waals surface area contributed by atoms with Crippen molar-refractivity contribution >= 4 is 32.3 Å². The summed E-state index contributed by atoms with van der Waals surface area (Å²) in [5.41, 5.74) is 4.96. The molecule has 5 aromatic rings. The summed E-state index contributed by atoms with van der Waals surface area (Å²) in [6.07, 6.45) is 5.17. The molecular weight excluding hydrogens is 426 g/mol. The molecule has 0 saturated carbocycles. The molecule has 0 saturated heterocycles. The second-order valence-corrected chi connectivity index (χ2v) is 11.7.